The monoisotopic (exact) mass is 285 g/mol. The van der Waals surface area contributed by atoms with Crippen molar-refractivity contribution < 1.29 is 4.79 Å². The third-order valence-electron chi connectivity index (χ3n) is 4.02. The molecule has 110 valence electrons. The summed E-state index contributed by atoms with van der Waals surface area (Å²) in [7, 11) is 0. The Morgan fingerprint density at radius 3 is 3.00 bits per heavy atom. The Kier molecular flexibility index (Phi) is 3.70. The topological polar surface area (TPSA) is 77.0 Å². The fourth-order valence-corrected chi connectivity index (χ4v) is 2.89. The molecule has 6 heteroatoms. The van der Waals surface area contributed by atoms with Crippen molar-refractivity contribution in [2.45, 2.75) is 25.8 Å². The molecule has 0 aliphatic carbocycles. The Morgan fingerprint density at radius 1 is 1.48 bits per heavy atom. The summed E-state index contributed by atoms with van der Waals surface area (Å²) < 4.78 is 1.70. The molecule has 1 saturated heterocycles. The number of hydrogen-bond donors (Lipinski definition) is 1. The molecule has 1 unspecified atom stereocenters. The van der Waals surface area contributed by atoms with Gasteiger partial charge in [0.2, 0.25) is 0 Å². The number of carbonyl (C=O) groups is 1. The molecule has 0 spiro atoms. The molecule has 0 saturated carbocycles. The van der Waals surface area contributed by atoms with Crippen molar-refractivity contribution in [2.75, 3.05) is 13.1 Å². The van der Waals surface area contributed by atoms with Crippen LogP contribution in [-0.2, 0) is 0 Å². The average molecular weight is 285 g/mol. The molecule has 21 heavy (non-hydrogen) atoms. The summed E-state index contributed by atoms with van der Waals surface area (Å²) in [6.45, 7) is 3.30. The number of amides is 1. The molecule has 2 aromatic rings. The van der Waals surface area contributed by atoms with Gasteiger partial charge < -0.3 is 10.6 Å². The second-order valence-corrected chi connectivity index (χ2v) is 5.37. The molecular formula is C15H19N5O. The van der Waals surface area contributed by atoms with Crippen molar-refractivity contribution in [1.82, 2.24) is 19.7 Å². The van der Waals surface area contributed by atoms with Crippen LogP contribution >= 0.6 is 0 Å². The highest BCUT2D eigenvalue weighted by Crippen LogP contribution is 2.21. The highest BCUT2D eigenvalue weighted by molar-refractivity contribution is 5.95. The van der Waals surface area contributed by atoms with Crippen molar-refractivity contribution in [3.8, 4) is 5.69 Å². The summed E-state index contributed by atoms with van der Waals surface area (Å²) in [4.78, 5) is 18.4. The van der Waals surface area contributed by atoms with Crippen LogP contribution in [-0.4, -0.2) is 44.7 Å². The summed E-state index contributed by atoms with van der Waals surface area (Å²) in [6.07, 6.45) is 5.17. The molecule has 1 aliphatic heterocycles. The quantitative estimate of drug-likeness (QED) is 0.917. The van der Waals surface area contributed by atoms with Gasteiger partial charge in [0.15, 0.2) is 0 Å². The van der Waals surface area contributed by atoms with Gasteiger partial charge in [-0.15, -0.1) is 0 Å². The van der Waals surface area contributed by atoms with E-state index >= 15 is 0 Å². The van der Waals surface area contributed by atoms with E-state index in [1.807, 2.05) is 30.0 Å². The van der Waals surface area contributed by atoms with Crippen LogP contribution in [0.15, 0.2) is 30.9 Å². The molecule has 0 bridgehead atoms. The molecule has 1 fully saturated rings. The van der Waals surface area contributed by atoms with Gasteiger partial charge in [0, 0.05) is 24.7 Å². The van der Waals surface area contributed by atoms with Gasteiger partial charge in [0.1, 0.15) is 12.7 Å². The first-order valence-corrected chi connectivity index (χ1v) is 7.17. The molecule has 0 radical (unpaired) electrons. The van der Waals surface area contributed by atoms with Crippen LogP contribution in [0.4, 0.5) is 0 Å². The highest BCUT2D eigenvalue weighted by atomic mass is 16.2. The van der Waals surface area contributed by atoms with Crippen molar-refractivity contribution >= 4 is 5.91 Å². The van der Waals surface area contributed by atoms with E-state index in [2.05, 4.69) is 10.1 Å². The molecule has 1 aromatic carbocycles. The number of rotatable bonds is 3. The Morgan fingerprint density at radius 2 is 2.33 bits per heavy atom. The third kappa shape index (κ3) is 2.54. The Balaban J connectivity index is 1.87. The van der Waals surface area contributed by atoms with Gasteiger partial charge in [-0.1, -0.05) is 0 Å². The summed E-state index contributed by atoms with van der Waals surface area (Å²) in [5.74, 6) is 0.0659. The Bertz CT molecular complexity index is 638. The standard InChI is InChI=1S/C15H19N5O/c1-11-7-12(4-5-14(11)20-10-17-9-18-20)15(21)19-6-2-3-13(19)8-16/h4-5,7,9-10,13H,2-3,6,8,16H2,1H3. The summed E-state index contributed by atoms with van der Waals surface area (Å²) in [6, 6.07) is 5.83. The van der Waals surface area contributed by atoms with Crippen LogP contribution < -0.4 is 5.73 Å². The normalized spacial score (nSPS) is 18.2. The Hall–Kier alpha value is -2.21. The highest BCUT2D eigenvalue weighted by Gasteiger charge is 2.28. The number of benzene rings is 1. The molecule has 1 amide bonds. The third-order valence-corrected chi connectivity index (χ3v) is 4.02. The minimum atomic E-state index is 0.0659. The van der Waals surface area contributed by atoms with Gasteiger partial charge in [0.05, 0.1) is 5.69 Å². The number of aromatic nitrogens is 3. The van der Waals surface area contributed by atoms with Gasteiger partial charge in [-0.05, 0) is 43.5 Å². The zero-order valence-electron chi connectivity index (χ0n) is 12.1. The van der Waals surface area contributed by atoms with Crippen molar-refractivity contribution in [2.24, 2.45) is 5.73 Å². The lowest BCUT2D eigenvalue weighted by Crippen LogP contribution is -2.39. The second-order valence-electron chi connectivity index (χ2n) is 5.37. The van der Waals surface area contributed by atoms with Crippen LogP contribution in [0.5, 0.6) is 0 Å². The first-order chi connectivity index (χ1) is 10.2. The van der Waals surface area contributed by atoms with Crippen LogP contribution in [0.3, 0.4) is 0 Å². The number of hydrogen-bond acceptors (Lipinski definition) is 4. The van der Waals surface area contributed by atoms with Gasteiger partial charge in [-0.2, -0.15) is 5.10 Å². The van der Waals surface area contributed by atoms with Gasteiger partial charge >= 0.3 is 0 Å². The van der Waals surface area contributed by atoms with Gasteiger partial charge in [-0.25, -0.2) is 9.67 Å². The smallest absolute Gasteiger partial charge is 0.254 e. The van der Waals surface area contributed by atoms with E-state index in [4.69, 9.17) is 5.73 Å². The fourth-order valence-electron chi connectivity index (χ4n) is 2.89. The number of carbonyl (C=O) groups excluding carboxylic acids is 1. The van der Waals surface area contributed by atoms with Crippen molar-refractivity contribution in [3.63, 3.8) is 0 Å². The second kappa shape index (κ2) is 5.65. The molecule has 3 rings (SSSR count). The number of likely N-dealkylation sites (tertiary alicyclic amines) is 1. The van der Waals surface area contributed by atoms with Crippen molar-refractivity contribution in [3.05, 3.63) is 42.0 Å². The molecule has 1 aromatic heterocycles. The molecule has 2 heterocycles. The van der Waals surface area contributed by atoms with E-state index in [0.29, 0.717) is 12.1 Å². The summed E-state index contributed by atoms with van der Waals surface area (Å²) >= 11 is 0. The van der Waals surface area contributed by atoms with Crippen LogP contribution in [0.25, 0.3) is 5.69 Å². The molecule has 1 aliphatic rings. The first kappa shape index (κ1) is 13.8. The lowest BCUT2D eigenvalue weighted by molar-refractivity contribution is 0.0741. The largest absolute Gasteiger partial charge is 0.334 e. The molecule has 2 N–H and O–H groups in total. The fraction of sp³-hybridized carbons (Fsp3) is 0.400. The van der Waals surface area contributed by atoms with E-state index in [1.165, 1.54) is 6.33 Å². The molecule has 6 nitrogen and oxygen atoms in total. The maximum atomic E-state index is 12.6. The van der Waals surface area contributed by atoms with E-state index in [9.17, 15) is 4.79 Å². The van der Waals surface area contributed by atoms with E-state index in [1.54, 1.807) is 11.0 Å². The van der Waals surface area contributed by atoms with Gasteiger partial charge in [0.25, 0.3) is 5.91 Å². The van der Waals surface area contributed by atoms with E-state index in [0.717, 1.165) is 30.6 Å². The lowest BCUT2D eigenvalue weighted by atomic mass is 10.1. The number of nitrogens with zero attached hydrogens (tertiary/aromatic N) is 4. The van der Waals surface area contributed by atoms with Crippen molar-refractivity contribution in [1.29, 1.82) is 0 Å². The minimum absolute atomic E-state index is 0.0659. The average Bonchev–Trinajstić information content (AvgIpc) is 3.17. The maximum Gasteiger partial charge on any atom is 0.254 e. The first-order valence-electron chi connectivity index (χ1n) is 7.17. The predicted octanol–water partition coefficient (Wildman–Crippen LogP) is 1.14. The SMILES string of the molecule is Cc1cc(C(=O)N2CCCC2CN)ccc1-n1cncn1. The zero-order chi connectivity index (χ0) is 14.8. The van der Waals surface area contributed by atoms with Crippen LogP contribution in [0.2, 0.25) is 0 Å². The van der Waals surface area contributed by atoms with E-state index in [-0.39, 0.29) is 11.9 Å². The minimum Gasteiger partial charge on any atom is -0.334 e. The number of aryl methyl sites for hydroxylation is 1. The lowest BCUT2D eigenvalue weighted by Gasteiger charge is -2.23. The van der Waals surface area contributed by atoms with E-state index < -0.39 is 0 Å². The molecule has 1 atom stereocenters. The van der Waals surface area contributed by atoms with Crippen LogP contribution in [0, 0.1) is 6.92 Å². The maximum absolute atomic E-state index is 12.6. The van der Waals surface area contributed by atoms with Crippen LogP contribution in [0.1, 0.15) is 28.8 Å². The summed E-state index contributed by atoms with van der Waals surface area (Å²) in [5.41, 5.74) is 8.38. The predicted molar refractivity (Wildman–Crippen MR) is 79.2 cm³/mol. The summed E-state index contributed by atoms with van der Waals surface area (Å²) in [5, 5.41) is 4.12. The zero-order valence-corrected chi connectivity index (χ0v) is 12.1. The van der Waals surface area contributed by atoms with Gasteiger partial charge in [-0.3, -0.25) is 4.79 Å². The molecular weight excluding hydrogens is 266 g/mol. The Labute approximate surface area is 123 Å². The number of nitrogens with two attached hydrogens (primary N) is 1.